The van der Waals surface area contributed by atoms with Gasteiger partial charge in [0.15, 0.2) is 0 Å². The Morgan fingerprint density at radius 2 is 2.07 bits per heavy atom. The molecule has 4 heterocycles. The van der Waals surface area contributed by atoms with Gasteiger partial charge in [0, 0.05) is 30.5 Å². The number of aromatic nitrogens is 5. The fraction of sp³-hybridized carbons (Fsp3) is 0.316. The van der Waals surface area contributed by atoms with Gasteiger partial charge >= 0.3 is 0 Å². The Morgan fingerprint density at radius 3 is 2.90 bits per heavy atom. The van der Waals surface area contributed by atoms with Gasteiger partial charge in [-0.3, -0.25) is 4.79 Å². The number of ether oxygens (including phenoxy) is 1. The van der Waals surface area contributed by atoms with E-state index in [1.165, 1.54) is 0 Å². The number of nitrogens with zero attached hydrogens (tertiary/aromatic N) is 6. The van der Waals surface area contributed by atoms with E-state index in [9.17, 15) is 4.79 Å². The van der Waals surface area contributed by atoms with Crippen LogP contribution in [0, 0.1) is 0 Å². The molecule has 1 amide bonds. The number of carbonyl (C=O) groups excluding carboxylic acids is 1. The highest BCUT2D eigenvalue weighted by molar-refractivity contribution is 7.08. The predicted octanol–water partition coefficient (Wildman–Crippen LogP) is 2.46. The Kier molecular flexibility index (Phi) is 4.78. The lowest BCUT2D eigenvalue weighted by Crippen LogP contribution is -2.41. The van der Waals surface area contributed by atoms with Crippen LogP contribution >= 0.6 is 11.3 Å². The van der Waals surface area contributed by atoms with Crippen molar-refractivity contribution in [1.29, 1.82) is 0 Å². The van der Waals surface area contributed by atoms with E-state index in [4.69, 9.17) is 9.26 Å². The second kappa shape index (κ2) is 7.72. The van der Waals surface area contributed by atoms with Crippen LogP contribution in [0.15, 0.2) is 39.5 Å². The molecular weight excluding hydrogens is 392 g/mol. The molecule has 0 unspecified atom stereocenters. The lowest BCUT2D eigenvalue weighted by Gasteiger charge is -2.26. The number of aryl methyl sites for hydroxylation is 1. The molecule has 1 fully saturated rings. The van der Waals surface area contributed by atoms with E-state index < -0.39 is 0 Å². The number of amides is 1. The third kappa shape index (κ3) is 3.64. The molecule has 1 aromatic carbocycles. The number of morpholine rings is 1. The van der Waals surface area contributed by atoms with Gasteiger partial charge in [-0.05, 0) is 29.6 Å². The highest BCUT2D eigenvalue weighted by atomic mass is 32.1. The molecular formula is C19H18N6O3S. The quantitative estimate of drug-likeness (QED) is 0.498. The van der Waals surface area contributed by atoms with Crippen molar-refractivity contribution in [3.63, 3.8) is 0 Å². The van der Waals surface area contributed by atoms with Crippen molar-refractivity contribution in [3.05, 3.63) is 35.0 Å². The fourth-order valence-electron chi connectivity index (χ4n) is 3.29. The van der Waals surface area contributed by atoms with Gasteiger partial charge in [0.2, 0.25) is 11.7 Å². The molecule has 0 spiro atoms. The summed E-state index contributed by atoms with van der Waals surface area (Å²) in [7, 11) is 0. The molecule has 29 heavy (non-hydrogen) atoms. The molecule has 4 aromatic rings. The maximum Gasteiger partial charge on any atom is 0.259 e. The van der Waals surface area contributed by atoms with Crippen LogP contribution in [0.4, 0.5) is 0 Å². The Balaban J connectivity index is 1.31. The van der Waals surface area contributed by atoms with Crippen molar-refractivity contribution in [2.24, 2.45) is 0 Å². The van der Waals surface area contributed by atoms with E-state index in [0.29, 0.717) is 51.0 Å². The molecule has 0 N–H and O–H groups in total. The predicted molar refractivity (Wildman–Crippen MR) is 106 cm³/mol. The average Bonchev–Trinajstić information content (AvgIpc) is 3.52. The summed E-state index contributed by atoms with van der Waals surface area (Å²) in [6, 6.07) is 7.65. The fourth-order valence-corrected chi connectivity index (χ4v) is 3.92. The molecule has 0 aliphatic carbocycles. The number of hydrogen-bond donors (Lipinski definition) is 0. The van der Waals surface area contributed by atoms with Gasteiger partial charge in [0.05, 0.1) is 30.8 Å². The largest absolute Gasteiger partial charge is 0.378 e. The maximum atomic E-state index is 12.4. The van der Waals surface area contributed by atoms with E-state index in [0.717, 1.165) is 22.2 Å². The van der Waals surface area contributed by atoms with Gasteiger partial charge < -0.3 is 14.2 Å². The van der Waals surface area contributed by atoms with Crippen LogP contribution in [0.5, 0.6) is 0 Å². The first-order chi connectivity index (χ1) is 14.3. The topological polar surface area (TPSA) is 99.2 Å². The van der Waals surface area contributed by atoms with Gasteiger partial charge in [-0.1, -0.05) is 10.4 Å². The van der Waals surface area contributed by atoms with Gasteiger partial charge in [-0.15, -0.1) is 5.10 Å². The van der Waals surface area contributed by atoms with Crippen molar-refractivity contribution in [1.82, 2.24) is 30.0 Å². The van der Waals surface area contributed by atoms with Crippen molar-refractivity contribution >= 4 is 28.3 Å². The van der Waals surface area contributed by atoms with Crippen LogP contribution in [0.1, 0.15) is 6.42 Å². The number of thiophene rings is 1. The van der Waals surface area contributed by atoms with Crippen molar-refractivity contribution in [3.8, 4) is 22.8 Å². The summed E-state index contributed by atoms with van der Waals surface area (Å²) in [4.78, 5) is 18.6. The Labute approximate surface area is 169 Å². The lowest BCUT2D eigenvalue weighted by atomic mass is 10.2. The Hall–Kier alpha value is -3.11. The van der Waals surface area contributed by atoms with Crippen LogP contribution in [0.3, 0.4) is 0 Å². The Bertz CT molecular complexity index is 1130. The zero-order valence-corrected chi connectivity index (χ0v) is 16.3. The van der Waals surface area contributed by atoms with Crippen LogP contribution in [0.2, 0.25) is 0 Å². The second-order valence-electron chi connectivity index (χ2n) is 6.69. The van der Waals surface area contributed by atoms with Crippen LogP contribution in [-0.4, -0.2) is 62.2 Å². The number of carbonyl (C=O) groups is 1. The molecule has 10 heteroatoms. The molecule has 0 atom stereocenters. The summed E-state index contributed by atoms with van der Waals surface area (Å²) in [6.45, 7) is 2.99. The summed E-state index contributed by atoms with van der Waals surface area (Å²) in [5.41, 5.74) is 3.30. The zero-order valence-electron chi connectivity index (χ0n) is 15.5. The molecule has 1 aliphatic rings. The smallest absolute Gasteiger partial charge is 0.259 e. The van der Waals surface area contributed by atoms with Crippen LogP contribution < -0.4 is 0 Å². The molecule has 0 saturated carbocycles. The third-order valence-corrected chi connectivity index (χ3v) is 5.55. The van der Waals surface area contributed by atoms with Crippen LogP contribution in [-0.2, 0) is 16.1 Å². The zero-order chi connectivity index (χ0) is 19.6. The van der Waals surface area contributed by atoms with Crippen molar-refractivity contribution < 1.29 is 14.1 Å². The number of rotatable bonds is 5. The maximum absolute atomic E-state index is 12.4. The summed E-state index contributed by atoms with van der Waals surface area (Å²) in [5, 5.41) is 16.4. The molecule has 1 saturated heterocycles. The van der Waals surface area contributed by atoms with Gasteiger partial charge in [0.1, 0.15) is 5.52 Å². The first-order valence-electron chi connectivity index (χ1n) is 9.33. The summed E-state index contributed by atoms with van der Waals surface area (Å²) < 4.78 is 12.4. The molecule has 3 aromatic heterocycles. The first kappa shape index (κ1) is 18.0. The molecule has 5 rings (SSSR count). The average molecular weight is 410 g/mol. The Morgan fingerprint density at radius 1 is 1.17 bits per heavy atom. The highest BCUT2D eigenvalue weighted by Crippen LogP contribution is 2.25. The SMILES string of the molecule is O=C(CCn1nnc2cc(-c3noc(-c4ccsc4)n3)ccc21)N1CCOCC1. The minimum Gasteiger partial charge on any atom is -0.378 e. The molecule has 0 bridgehead atoms. The normalized spacial score (nSPS) is 14.6. The standard InChI is InChI=1S/C19H18N6O3S/c26-17(24-6-8-27-9-7-24)3-5-25-16-2-1-13(11-15(16)21-23-25)18-20-19(28-22-18)14-4-10-29-12-14/h1-2,4,10-12H,3,5-9H2. The summed E-state index contributed by atoms with van der Waals surface area (Å²) >= 11 is 1.58. The van der Waals surface area contributed by atoms with Gasteiger partial charge in [-0.25, -0.2) is 4.68 Å². The second-order valence-corrected chi connectivity index (χ2v) is 7.47. The molecule has 9 nitrogen and oxygen atoms in total. The van der Waals surface area contributed by atoms with Crippen molar-refractivity contribution in [2.75, 3.05) is 26.3 Å². The van der Waals surface area contributed by atoms with Crippen molar-refractivity contribution in [2.45, 2.75) is 13.0 Å². The van der Waals surface area contributed by atoms with E-state index in [1.54, 1.807) is 16.0 Å². The van der Waals surface area contributed by atoms with Gasteiger partial charge in [-0.2, -0.15) is 16.3 Å². The summed E-state index contributed by atoms with van der Waals surface area (Å²) in [5.74, 6) is 1.11. The number of fused-ring (bicyclic) bond motifs is 1. The van der Waals surface area contributed by atoms with E-state index in [2.05, 4.69) is 20.5 Å². The van der Waals surface area contributed by atoms with E-state index in [-0.39, 0.29) is 5.91 Å². The minimum absolute atomic E-state index is 0.112. The lowest BCUT2D eigenvalue weighted by molar-refractivity contribution is -0.135. The van der Waals surface area contributed by atoms with E-state index >= 15 is 0 Å². The molecule has 148 valence electrons. The van der Waals surface area contributed by atoms with Crippen LogP contribution in [0.25, 0.3) is 33.9 Å². The van der Waals surface area contributed by atoms with E-state index in [1.807, 2.05) is 39.9 Å². The number of benzene rings is 1. The van der Waals surface area contributed by atoms with Gasteiger partial charge in [0.25, 0.3) is 5.89 Å². The highest BCUT2D eigenvalue weighted by Gasteiger charge is 2.18. The number of hydrogen-bond acceptors (Lipinski definition) is 8. The molecule has 0 radical (unpaired) electrons. The minimum atomic E-state index is 0.112. The monoisotopic (exact) mass is 410 g/mol. The third-order valence-electron chi connectivity index (χ3n) is 4.87. The first-order valence-corrected chi connectivity index (χ1v) is 10.3. The molecule has 1 aliphatic heterocycles. The summed E-state index contributed by atoms with van der Waals surface area (Å²) in [6.07, 6.45) is 0.384.